The molecular weight excluding hydrogens is 234 g/mol. The first-order chi connectivity index (χ1) is 8.87. The average Bonchev–Trinajstić information content (AvgIpc) is 2.72. The second-order valence-corrected chi connectivity index (χ2v) is 6.06. The van der Waals surface area contributed by atoms with E-state index in [4.69, 9.17) is 0 Å². The highest BCUT2D eigenvalue weighted by atomic mass is 15.1. The van der Waals surface area contributed by atoms with Gasteiger partial charge >= 0.3 is 0 Å². The number of nitrogens with zero attached hydrogens (tertiary/aromatic N) is 2. The molecule has 2 rings (SSSR count). The van der Waals surface area contributed by atoms with Crippen LogP contribution in [0.1, 0.15) is 37.7 Å². The van der Waals surface area contributed by atoms with Crippen molar-refractivity contribution in [1.29, 1.82) is 0 Å². The van der Waals surface area contributed by atoms with Gasteiger partial charge in [-0.2, -0.15) is 0 Å². The lowest BCUT2D eigenvalue weighted by molar-refractivity contribution is 0.424. The van der Waals surface area contributed by atoms with Gasteiger partial charge in [0, 0.05) is 30.2 Å². The first-order valence-electron chi connectivity index (χ1n) is 6.72. The number of imidazole rings is 1. The summed E-state index contributed by atoms with van der Waals surface area (Å²) in [4.78, 5) is 4.26. The van der Waals surface area contributed by atoms with Gasteiger partial charge in [0.25, 0.3) is 0 Å². The lowest BCUT2D eigenvalue weighted by Crippen LogP contribution is -2.35. The number of aryl methyl sites for hydroxylation is 2. The SMILES string of the molecule is Cc1cc(-n2ccnc2C)ccc1CNC(C)(C)C. The van der Waals surface area contributed by atoms with Crippen molar-refractivity contribution in [3.8, 4) is 5.69 Å². The Hall–Kier alpha value is -1.61. The van der Waals surface area contributed by atoms with Gasteiger partial charge in [-0.05, 0) is 57.9 Å². The van der Waals surface area contributed by atoms with Crippen LogP contribution in [-0.4, -0.2) is 15.1 Å². The Morgan fingerprint density at radius 2 is 1.95 bits per heavy atom. The Labute approximate surface area is 115 Å². The maximum Gasteiger partial charge on any atom is 0.110 e. The fourth-order valence-corrected chi connectivity index (χ4v) is 2.04. The van der Waals surface area contributed by atoms with Gasteiger partial charge in [-0.25, -0.2) is 4.98 Å². The molecule has 0 amide bonds. The van der Waals surface area contributed by atoms with Gasteiger partial charge in [0.1, 0.15) is 5.82 Å². The van der Waals surface area contributed by atoms with Crippen LogP contribution >= 0.6 is 0 Å². The summed E-state index contributed by atoms with van der Waals surface area (Å²) >= 11 is 0. The van der Waals surface area contributed by atoms with Crippen LogP contribution in [0.2, 0.25) is 0 Å². The molecule has 102 valence electrons. The van der Waals surface area contributed by atoms with Crippen LogP contribution in [0.25, 0.3) is 5.69 Å². The molecule has 2 aromatic rings. The van der Waals surface area contributed by atoms with E-state index < -0.39 is 0 Å². The van der Waals surface area contributed by atoms with Crippen molar-refractivity contribution < 1.29 is 0 Å². The smallest absolute Gasteiger partial charge is 0.110 e. The normalized spacial score (nSPS) is 11.8. The summed E-state index contributed by atoms with van der Waals surface area (Å²) in [5, 5.41) is 3.53. The molecule has 0 saturated carbocycles. The Kier molecular flexibility index (Phi) is 3.76. The zero-order valence-electron chi connectivity index (χ0n) is 12.5. The molecule has 1 N–H and O–H groups in total. The lowest BCUT2D eigenvalue weighted by atomic mass is 10.0. The van der Waals surface area contributed by atoms with E-state index in [1.807, 2.05) is 19.3 Å². The first-order valence-corrected chi connectivity index (χ1v) is 6.72. The Morgan fingerprint density at radius 1 is 1.21 bits per heavy atom. The zero-order valence-corrected chi connectivity index (χ0v) is 12.5. The molecule has 0 radical (unpaired) electrons. The largest absolute Gasteiger partial charge is 0.308 e. The van der Waals surface area contributed by atoms with Crippen LogP contribution in [0.15, 0.2) is 30.6 Å². The van der Waals surface area contributed by atoms with E-state index in [9.17, 15) is 0 Å². The number of benzene rings is 1. The average molecular weight is 257 g/mol. The topological polar surface area (TPSA) is 29.9 Å². The molecule has 0 atom stereocenters. The molecule has 0 aliphatic heterocycles. The molecule has 0 unspecified atom stereocenters. The minimum atomic E-state index is 0.145. The third-order valence-corrected chi connectivity index (χ3v) is 3.24. The molecule has 0 spiro atoms. The fraction of sp³-hybridized carbons (Fsp3) is 0.438. The number of nitrogens with one attached hydrogen (secondary N) is 1. The predicted octanol–water partition coefficient (Wildman–Crippen LogP) is 3.38. The van der Waals surface area contributed by atoms with Crippen molar-refractivity contribution in [2.24, 2.45) is 0 Å². The van der Waals surface area contributed by atoms with Gasteiger partial charge in [0.15, 0.2) is 0 Å². The van der Waals surface area contributed by atoms with Crippen molar-refractivity contribution in [2.45, 2.75) is 46.7 Å². The number of hydrogen-bond donors (Lipinski definition) is 1. The Balaban J connectivity index is 2.20. The number of hydrogen-bond acceptors (Lipinski definition) is 2. The van der Waals surface area contributed by atoms with E-state index in [0.717, 1.165) is 12.4 Å². The second kappa shape index (κ2) is 5.17. The summed E-state index contributed by atoms with van der Waals surface area (Å²) in [6.07, 6.45) is 3.83. The Morgan fingerprint density at radius 3 is 2.47 bits per heavy atom. The molecule has 0 aliphatic carbocycles. The third kappa shape index (κ3) is 3.44. The summed E-state index contributed by atoms with van der Waals surface area (Å²) in [5.74, 6) is 1.01. The van der Waals surface area contributed by atoms with Crippen molar-refractivity contribution in [1.82, 2.24) is 14.9 Å². The highest BCUT2D eigenvalue weighted by Gasteiger charge is 2.10. The van der Waals surface area contributed by atoms with E-state index in [1.165, 1.54) is 16.8 Å². The maximum atomic E-state index is 4.26. The zero-order chi connectivity index (χ0) is 14.0. The highest BCUT2D eigenvalue weighted by molar-refractivity contribution is 5.41. The van der Waals surface area contributed by atoms with Crippen molar-refractivity contribution in [3.05, 3.63) is 47.5 Å². The van der Waals surface area contributed by atoms with Crippen LogP contribution in [-0.2, 0) is 6.54 Å². The van der Waals surface area contributed by atoms with E-state index in [1.54, 1.807) is 0 Å². The summed E-state index contributed by atoms with van der Waals surface area (Å²) in [6.45, 7) is 11.6. The van der Waals surface area contributed by atoms with Crippen LogP contribution in [0.4, 0.5) is 0 Å². The van der Waals surface area contributed by atoms with Gasteiger partial charge in [0.2, 0.25) is 0 Å². The summed E-state index contributed by atoms with van der Waals surface area (Å²) in [7, 11) is 0. The van der Waals surface area contributed by atoms with Crippen LogP contribution < -0.4 is 5.32 Å². The monoisotopic (exact) mass is 257 g/mol. The Bertz CT molecular complexity index is 562. The third-order valence-electron chi connectivity index (χ3n) is 3.24. The molecule has 1 heterocycles. The minimum Gasteiger partial charge on any atom is -0.308 e. The first kappa shape index (κ1) is 13.8. The molecule has 0 aliphatic rings. The summed E-state index contributed by atoms with van der Waals surface area (Å²) < 4.78 is 2.11. The maximum absolute atomic E-state index is 4.26. The van der Waals surface area contributed by atoms with Crippen molar-refractivity contribution in [3.63, 3.8) is 0 Å². The molecule has 0 bridgehead atoms. The van der Waals surface area contributed by atoms with Gasteiger partial charge in [0.05, 0.1) is 0 Å². The summed E-state index contributed by atoms with van der Waals surface area (Å²) in [6, 6.07) is 6.57. The predicted molar refractivity (Wildman–Crippen MR) is 79.6 cm³/mol. The molecular formula is C16H23N3. The van der Waals surface area contributed by atoms with E-state index in [-0.39, 0.29) is 5.54 Å². The van der Waals surface area contributed by atoms with Crippen LogP contribution in [0.3, 0.4) is 0 Å². The van der Waals surface area contributed by atoms with Gasteiger partial charge < -0.3 is 9.88 Å². The van der Waals surface area contributed by atoms with Crippen LogP contribution in [0, 0.1) is 13.8 Å². The van der Waals surface area contributed by atoms with E-state index in [0.29, 0.717) is 0 Å². The quantitative estimate of drug-likeness (QED) is 0.913. The highest BCUT2D eigenvalue weighted by Crippen LogP contribution is 2.16. The number of aromatic nitrogens is 2. The van der Waals surface area contributed by atoms with Gasteiger partial charge in [-0.3, -0.25) is 0 Å². The molecule has 19 heavy (non-hydrogen) atoms. The van der Waals surface area contributed by atoms with E-state index >= 15 is 0 Å². The minimum absolute atomic E-state index is 0.145. The second-order valence-electron chi connectivity index (χ2n) is 6.06. The van der Waals surface area contributed by atoms with E-state index in [2.05, 4.69) is 60.8 Å². The number of rotatable bonds is 3. The molecule has 0 saturated heterocycles. The van der Waals surface area contributed by atoms with Gasteiger partial charge in [-0.1, -0.05) is 6.07 Å². The molecule has 3 nitrogen and oxygen atoms in total. The molecule has 1 aromatic carbocycles. The molecule has 3 heteroatoms. The van der Waals surface area contributed by atoms with Crippen molar-refractivity contribution in [2.75, 3.05) is 0 Å². The van der Waals surface area contributed by atoms with Crippen molar-refractivity contribution >= 4 is 0 Å². The summed E-state index contributed by atoms with van der Waals surface area (Å²) in [5.41, 5.74) is 3.97. The lowest BCUT2D eigenvalue weighted by Gasteiger charge is -2.21. The van der Waals surface area contributed by atoms with Crippen LogP contribution in [0.5, 0.6) is 0 Å². The standard InChI is InChI=1S/C16H23N3/c1-12-10-15(19-9-8-17-13(19)2)7-6-14(12)11-18-16(3,4)5/h6-10,18H,11H2,1-5H3. The molecule has 0 fully saturated rings. The molecule has 1 aromatic heterocycles. The fourth-order valence-electron chi connectivity index (χ4n) is 2.04. The van der Waals surface area contributed by atoms with Gasteiger partial charge in [-0.15, -0.1) is 0 Å².